The van der Waals surface area contributed by atoms with Crippen LogP contribution in [0.2, 0.25) is 0 Å². The predicted octanol–water partition coefficient (Wildman–Crippen LogP) is 3.07. The maximum Gasteiger partial charge on any atom is 0.247 e. The number of carbonyl (C=O) groups is 3. The molecule has 0 saturated carbocycles. The van der Waals surface area contributed by atoms with Crippen LogP contribution in [0, 0.1) is 5.41 Å². The number of hydrogen-bond acceptors (Lipinski definition) is 5. The van der Waals surface area contributed by atoms with Gasteiger partial charge in [-0.15, -0.1) is 0 Å². The van der Waals surface area contributed by atoms with Gasteiger partial charge in [-0.25, -0.2) is 0 Å². The zero-order valence-corrected chi connectivity index (χ0v) is 23.4. The molecule has 0 radical (unpaired) electrons. The Hall–Kier alpha value is -3.23. The van der Waals surface area contributed by atoms with Gasteiger partial charge in [-0.05, 0) is 36.8 Å². The Bertz CT molecular complexity index is 1140. The van der Waals surface area contributed by atoms with E-state index in [9.17, 15) is 14.4 Å². The molecule has 3 N–H and O–H groups in total. The second-order valence-electron chi connectivity index (χ2n) is 11.1. The number of rotatable bonds is 10. The molecule has 0 bridgehead atoms. The molecule has 4 rings (SSSR count). The highest BCUT2D eigenvalue weighted by Crippen LogP contribution is 2.49. The number of piperidine rings is 1. The Balaban J connectivity index is 1.56. The molecular weight excluding hydrogens is 492 g/mol. The zero-order chi connectivity index (χ0) is 28.0. The van der Waals surface area contributed by atoms with Gasteiger partial charge in [0.05, 0.1) is 24.2 Å². The van der Waals surface area contributed by atoms with E-state index in [4.69, 9.17) is 10.5 Å². The third-order valence-electron chi connectivity index (χ3n) is 8.65. The average Bonchev–Trinajstić information content (AvgIpc) is 3.21. The van der Waals surface area contributed by atoms with Gasteiger partial charge in [-0.3, -0.25) is 14.4 Å². The van der Waals surface area contributed by atoms with Gasteiger partial charge in [-0.2, -0.15) is 0 Å². The zero-order valence-electron chi connectivity index (χ0n) is 23.4. The van der Waals surface area contributed by atoms with Gasteiger partial charge in [0.15, 0.2) is 0 Å². The lowest BCUT2D eigenvalue weighted by atomic mass is 9.69. The molecule has 39 heavy (non-hydrogen) atoms. The van der Waals surface area contributed by atoms with E-state index in [1.54, 1.807) is 9.80 Å². The van der Waals surface area contributed by atoms with E-state index in [1.807, 2.05) is 69.4 Å². The number of benzene rings is 2. The van der Waals surface area contributed by atoms with Crippen LogP contribution in [0.3, 0.4) is 0 Å². The Morgan fingerprint density at radius 1 is 1.10 bits per heavy atom. The summed E-state index contributed by atoms with van der Waals surface area (Å²) in [5, 5.41) is 2.91. The molecule has 8 nitrogen and oxygen atoms in total. The van der Waals surface area contributed by atoms with Gasteiger partial charge < -0.3 is 25.6 Å². The van der Waals surface area contributed by atoms with E-state index < -0.39 is 17.0 Å². The van der Waals surface area contributed by atoms with Crippen LogP contribution in [-0.2, 0) is 25.7 Å². The Morgan fingerprint density at radius 2 is 1.74 bits per heavy atom. The summed E-state index contributed by atoms with van der Waals surface area (Å²) in [5.74, 6) is -0.530. The molecule has 2 aromatic carbocycles. The average molecular weight is 535 g/mol. The highest BCUT2D eigenvalue weighted by Gasteiger charge is 2.55. The second-order valence-corrected chi connectivity index (χ2v) is 11.1. The molecule has 2 aromatic rings. The molecule has 0 aliphatic carbocycles. The monoisotopic (exact) mass is 534 g/mol. The Labute approximate surface area is 231 Å². The molecule has 3 atom stereocenters. The maximum absolute atomic E-state index is 14.0. The van der Waals surface area contributed by atoms with E-state index >= 15 is 0 Å². The van der Waals surface area contributed by atoms with E-state index in [0.717, 1.165) is 17.5 Å². The van der Waals surface area contributed by atoms with Gasteiger partial charge in [0.1, 0.15) is 6.04 Å². The fourth-order valence-electron chi connectivity index (χ4n) is 6.04. The molecule has 8 heteroatoms. The van der Waals surface area contributed by atoms with Gasteiger partial charge in [0.2, 0.25) is 17.7 Å². The highest BCUT2D eigenvalue weighted by atomic mass is 16.5. The van der Waals surface area contributed by atoms with Crippen LogP contribution >= 0.6 is 0 Å². The largest absolute Gasteiger partial charge is 0.374 e. The van der Waals surface area contributed by atoms with Crippen molar-refractivity contribution in [3.63, 3.8) is 0 Å². The molecule has 2 aliphatic rings. The van der Waals surface area contributed by atoms with Crippen LogP contribution in [0.4, 0.5) is 0 Å². The van der Waals surface area contributed by atoms with E-state index in [-0.39, 0.29) is 30.2 Å². The van der Waals surface area contributed by atoms with E-state index in [2.05, 4.69) is 17.4 Å². The molecule has 2 saturated heterocycles. The molecule has 1 spiro atoms. The first-order valence-electron chi connectivity index (χ1n) is 14.0. The van der Waals surface area contributed by atoms with Crippen molar-refractivity contribution in [3.8, 4) is 0 Å². The predicted molar refractivity (Wildman–Crippen MR) is 151 cm³/mol. The summed E-state index contributed by atoms with van der Waals surface area (Å²) in [6.45, 7) is 5.53. The van der Waals surface area contributed by atoms with Crippen molar-refractivity contribution in [2.75, 3.05) is 33.3 Å². The number of likely N-dealkylation sites (N-methyl/N-ethyl adjacent to an activating group) is 1. The third-order valence-corrected chi connectivity index (χ3v) is 8.65. The lowest BCUT2D eigenvalue weighted by Gasteiger charge is -2.43. The van der Waals surface area contributed by atoms with Crippen molar-refractivity contribution in [2.45, 2.75) is 63.6 Å². The van der Waals surface area contributed by atoms with Crippen molar-refractivity contribution in [1.29, 1.82) is 0 Å². The Kier molecular flexibility index (Phi) is 9.08. The van der Waals surface area contributed by atoms with E-state index in [0.29, 0.717) is 45.5 Å². The molecule has 3 unspecified atom stereocenters. The first-order valence-corrected chi connectivity index (χ1v) is 14.0. The molecule has 3 amide bonds. The van der Waals surface area contributed by atoms with Crippen molar-refractivity contribution >= 4 is 17.7 Å². The van der Waals surface area contributed by atoms with Crippen LogP contribution in [0.25, 0.3) is 0 Å². The normalized spacial score (nSPS) is 22.3. The summed E-state index contributed by atoms with van der Waals surface area (Å²) in [4.78, 5) is 44.4. The number of hydrogen-bond donors (Lipinski definition) is 2. The fourth-order valence-corrected chi connectivity index (χ4v) is 6.04. The highest BCUT2D eigenvalue weighted by molar-refractivity contribution is 5.93. The molecular formula is C31H42N4O4. The second kappa shape index (κ2) is 12.3. The summed E-state index contributed by atoms with van der Waals surface area (Å²) in [6, 6.07) is 18.9. The number of nitrogens with two attached hydrogens (primary N) is 1. The number of ether oxygens (including phenoxy) is 1. The number of amides is 3. The van der Waals surface area contributed by atoms with Crippen molar-refractivity contribution in [2.24, 2.45) is 11.1 Å². The topological polar surface area (TPSA) is 105 Å². The maximum atomic E-state index is 14.0. The lowest BCUT2D eigenvalue weighted by molar-refractivity contribution is -0.147. The minimum atomic E-state index is -1.07. The number of nitrogens with one attached hydrogen (secondary N) is 1. The lowest BCUT2D eigenvalue weighted by Crippen LogP contribution is -2.61. The van der Waals surface area contributed by atoms with Crippen LogP contribution in [0.5, 0.6) is 0 Å². The summed E-state index contributed by atoms with van der Waals surface area (Å²) < 4.78 is 5.94. The quantitative estimate of drug-likeness (QED) is 0.488. The van der Waals surface area contributed by atoms with Gasteiger partial charge >= 0.3 is 0 Å². The minimum Gasteiger partial charge on any atom is -0.374 e. The number of carbonyl (C=O) groups excluding carboxylic acids is 3. The summed E-state index contributed by atoms with van der Waals surface area (Å²) in [6.07, 6.45) is 2.34. The van der Waals surface area contributed by atoms with Crippen LogP contribution < -0.4 is 11.1 Å². The molecule has 2 fully saturated rings. The van der Waals surface area contributed by atoms with Crippen molar-refractivity contribution in [1.82, 2.24) is 15.1 Å². The van der Waals surface area contributed by atoms with Crippen LogP contribution in [-0.4, -0.2) is 72.4 Å². The Morgan fingerprint density at radius 3 is 2.38 bits per heavy atom. The molecule has 2 heterocycles. The first-order chi connectivity index (χ1) is 18.7. The third kappa shape index (κ3) is 6.02. The number of nitrogens with zero attached hydrogens (tertiary/aromatic N) is 2. The summed E-state index contributed by atoms with van der Waals surface area (Å²) >= 11 is 0. The fraction of sp³-hybridized carbons (Fsp3) is 0.516. The van der Waals surface area contributed by atoms with Crippen LogP contribution in [0.15, 0.2) is 60.7 Å². The van der Waals surface area contributed by atoms with Gasteiger partial charge in [0.25, 0.3) is 0 Å². The van der Waals surface area contributed by atoms with Crippen molar-refractivity contribution in [3.05, 3.63) is 71.8 Å². The summed E-state index contributed by atoms with van der Waals surface area (Å²) in [5.41, 5.74) is 6.71. The number of likely N-dealkylation sites (tertiary alicyclic amines) is 2. The first kappa shape index (κ1) is 28.8. The van der Waals surface area contributed by atoms with E-state index in [1.165, 1.54) is 0 Å². The van der Waals surface area contributed by atoms with Crippen LogP contribution in [0.1, 0.15) is 56.6 Å². The standard InChI is InChI=1S/C31H42N4O4/c1-4-31(32,5-2)28(37)33-26(21-39-20-23-13-8-6-9-14-23)27(36)35-18-12-17-30(22-35)25(19-34(3)29(30)38)24-15-10-7-11-16-24/h6-11,13-16,25-26H,4-5,12,17-22,32H2,1-3H3,(H,33,37). The SMILES string of the molecule is CCC(N)(CC)C(=O)NC(COCc1ccccc1)C(=O)N1CCCC2(C1)C(=O)N(C)CC2c1ccccc1. The van der Waals surface area contributed by atoms with Gasteiger partial charge in [-0.1, -0.05) is 74.5 Å². The summed E-state index contributed by atoms with van der Waals surface area (Å²) in [7, 11) is 1.84. The smallest absolute Gasteiger partial charge is 0.247 e. The molecule has 210 valence electrons. The van der Waals surface area contributed by atoms with Crippen molar-refractivity contribution < 1.29 is 19.1 Å². The molecule has 0 aromatic heterocycles. The minimum absolute atomic E-state index is 0.00829. The molecule has 2 aliphatic heterocycles. The van der Waals surface area contributed by atoms with Gasteiger partial charge in [0, 0.05) is 32.6 Å².